The number of rotatable bonds is 26. The molecular formula is C49H66IN11O8. The van der Waals surface area contributed by atoms with Gasteiger partial charge in [-0.15, -0.1) is 0 Å². The summed E-state index contributed by atoms with van der Waals surface area (Å²) >= 11 is 2.25. The Morgan fingerprint density at radius 3 is 2.29 bits per heavy atom. The number of ether oxygens (including phenoxy) is 1. The molecule has 1 aliphatic heterocycles. The highest BCUT2D eigenvalue weighted by Crippen LogP contribution is 2.29. The van der Waals surface area contributed by atoms with Crippen molar-refractivity contribution in [1.29, 1.82) is 0 Å². The average molecular weight is 1060 g/mol. The van der Waals surface area contributed by atoms with Crippen LogP contribution in [0.3, 0.4) is 0 Å². The summed E-state index contributed by atoms with van der Waals surface area (Å²) in [5.74, 6) is -1.72. The van der Waals surface area contributed by atoms with Gasteiger partial charge in [0.05, 0.1) is 17.6 Å². The number of hydrogen-bond donors (Lipinski definition) is 8. The molecule has 0 saturated heterocycles. The van der Waals surface area contributed by atoms with Crippen molar-refractivity contribution in [3.8, 4) is 0 Å². The number of amidine groups is 1. The van der Waals surface area contributed by atoms with E-state index in [2.05, 4.69) is 71.4 Å². The maximum Gasteiger partial charge on any atom is 0.407 e. The molecule has 0 spiro atoms. The summed E-state index contributed by atoms with van der Waals surface area (Å²) < 4.78 is 6.21. The molecule has 10 N–H and O–H groups in total. The molecule has 2 unspecified atom stereocenters. The summed E-state index contributed by atoms with van der Waals surface area (Å²) in [4.78, 5) is 101. The molecule has 8 amide bonds. The molecular weight excluding hydrogens is 998 g/mol. The van der Waals surface area contributed by atoms with Crippen LogP contribution in [0.25, 0.3) is 6.08 Å². The van der Waals surface area contributed by atoms with E-state index < -0.39 is 41.9 Å². The number of urea groups is 1. The topological polar surface area (TPSA) is 281 Å². The summed E-state index contributed by atoms with van der Waals surface area (Å²) in [5.41, 5.74) is 15.5. The largest absolute Gasteiger partial charge is 0.445 e. The Bertz CT molecular complexity index is 2320. The minimum atomic E-state index is -0.998. The van der Waals surface area contributed by atoms with Crippen molar-refractivity contribution in [3.05, 3.63) is 88.8 Å². The highest BCUT2D eigenvalue weighted by Gasteiger charge is 2.29. The first-order valence-electron chi connectivity index (χ1n) is 23.3. The van der Waals surface area contributed by atoms with Crippen LogP contribution >= 0.6 is 22.6 Å². The van der Waals surface area contributed by atoms with Crippen molar-refractivity contribution in [3.63, 3.8) is 0 Å². The molecule has 20 heteroatoms. The second-order valence-corrected chi connectivity index (χ2v) is 18.0. The zero-order valence-electron chi connectivity index (χ0n) is 39.8. The lowest BCUT2D eigenvalue weighted by atomic mass is 10.0. The second kappa shape index (κ2) is 28.7. The number of amides is 8. The van der Waals surface area contributed by atoms with Gasteiger partial charge in [-0.05, 0) is 79.1 Å². The van der Waals surface area contributed by atoms with E-state index in [1.165, 1.54) is 6.20 Å². The third-order valence-corrected chi connectivity index (χ3v) is 11.4. The molecule has 0 radical (unpaired) electrons. The highest BCUT2D eigenvalue weighted by atomic mass is 127. The van der Waals surface area contributed by atoms with E-state index in [1.54, 1.807) is 60.8 Å². The number of fused-ring (bicyclic) bond motifs is 1. The Kier molecular flexibility index (Phi) is 22.9. The monoisotopic (exact) mass is 1060 g/mol. The van der Waals surface area contributed by atoms with Crippen LogP contribution in [0.2, 0.25) is 0 Å². The number of halogens is 1. The van der Waals surface area contributed by atoms with Gasteiger partial charge >= 0.3 is 12.1 Å². The van der Waals surface area contributed by atoms with Gasteiger partial charge in [0, 0.05) is 72.0 Å². The number of carbonyl (C=O) groups is 7. The minimum absolute atomic E-state index is 0.0495. The van der Waals surface area contributed by atoms with E-state index in [9.17, 15) is 33.6 Å². The van der Waals surface area contributed by atoms with Gasteiger partial charge in [-0.25, -0.2) is 14.6 Å². The van der Waals surface area contributed by atoms with Crippen LogP contribution in [0.5, 0.6) is 0 Å². The van der Waals surface area contributed by atoms with E-state index in [1.807, 2.05) is 25.7 Å². The van der Waals surface area contributed by atoms with Crippen molar-refractivity contribution >= 4 is 93.2 Å². The number of primary amides is 1. The minimum Gasteiger partial charge on any atom is -0.445 e. The van der Waals surface area contributed by atoms with Crippen molar-refractivity contribution < 1.29 is 38.3 Å². The Morgan fingerprint density at radius 2 is 1.59 bits per heavy atom. The molecule has 1 aromatic heterocycles. The van der Waals surface area contributed by atoms with Gasteiger partial charge in [0.1, 0.15) is 24.5 Å². The molecule has 3 aromatic rings. The van der Waals surface area contributed by atoms with Gasteiger partial charge in [-0.1, -0.05) is 87.7 Å². The fraction of sp³-hybridized carbons (Fsp3) is 0.449. The zero-order valence-corrected chi connectivity index (χ0v) is 42.0. The number of aliphatic imine (C=N–C) groups is 1. The first-order chi connectivity index (χ1) is 33.1. The predicted octanol–water partition coefficient (Wildman–Crippen LogP) is 6.19. The van der Waals surface area contributed by atoms with Crippen LogP contribution in [0, 0.1) is 5.92 Å². The van der Waals surface area contributed by atoms with Gasteiger partial charge in [0.15, 0.2) is 0 Å². The van der Waals surface area contributed by atoms with Crippen LogP contribution in [0.15, 0.2) is 71.5 Å². The summed E-state index contributed by atoms with van der Waals surface area (Å²) in [6, 6.07) is 10.7. The van der Waals surface area contributed by atoms with E-state index >= 15 is 0 Å². The number of nitrogens with two attached hydrogens (primary N) is 2. The van der Waals surface area contributed by atoms with Crippen molar-refractivity contribution in [2.45, 2.75) is 111 Å². The van der Waals surface area contributed by atoms with Gasteiger partial charge in [0.2, 0.25) is 23.6 Å². The molecule has 2 aromatic carbocycles. The Hall–Kier alpha value is -6.58. The molecule has 2 atom stereocenters. The van der Waals surface area contributed by atoms with Crippen LogP contribution < -0.4 is 43.4 Å². The number of benzene rings is 2. The molecule has 0 bridgehead atoms. The summed E-state index contributed by atoms with van der Waals surface area (Å²) in [5, 5.41) is 16.4. The third kappa shape index (κ3) is 18.8. The second-order valence-electron chi connectivity index (χ2n) is 17.0. The van der Waals surface area contributed by atoms with Gasteiger partial charge in [-0.3, -0.25) is 29.0 Å². The van der Waals surface area contributed by atoms with Crippen molar-refractivity contribution in [2.75, 3.05) is 34.7 Å². The number of unbranched alkanes of at least 4 members (excludes halogenated alkanes) is 3. The fourth-order valence-electron chi connectivity index (χ4n) is 7.24. The zero-order chi connectivity index (χ0) is 50.3. The predicted molar refractivity (Wildman–Crippen MR) is 275 cm³/mol. The lowest BCUT2D eigenvalue weighted by molar-refractivity contribution is -0.132. The molecule has 69 heavy (non-hydrogen) atoms. The van der Waals surface area contributed by atoms with Gasteiger partial charge < -0.3 is 53.0 Å². The number of anilines is 2. The molecule has 1 aliphatic rings. The van der Waals surface area contributed by atoms with E-state index in [4.69, 9.17) is 16.2 Å². The summed E-state index contributed by atoms with van der Waals surface area (Å²) in [7, 11) is 0. The van der Waals surface area contributed by atoms with Crippen LogP contribution in [0.4, 0.5) is 26.7 Å². The van der Waals surface area contributed by atoms with E-state index in [0.717, 1.165) is 36.5 Å². The Balaban J connectivity index is 1.29. The molecule has 4 rings (SSSR count). The van der Waals surface area contributed by atoms with Crippen molar-refractivity contribution in [1.82, 2.24) is 31.2 Å². The molecule has 19 nitrogen and oxygen atoms in total. The van der Waals surface area contributed by atoms with E-state index in [0.29, 0.717) is 70.8 Å². The van der Waals surface area contributed by atoms with Gasteiger partial charge in [0.25, 0.3) is 5.91 Å². The fourth-order valence-corrected chi connectivity index (χ4v) is 7.83. The lowest BCUT2D eigenvalue weighted by Gasteiger charge is -2.25. The molecule has 2 heterocycles. The molecule has 0 fully saturated rings. The number of alkyl carbamates (subject to hydrolysis) is 1. The number of nitrogens with zero attached hydrogens (tertiary/aromatic N) is 3. The first-order valence-corrected chi connectivity index (χ1v) is 24.8. The Labute approximate surface area is 417 Å². The Morgan fingerprint density at radius 1 is 0.826 bits per heavy atom. The standard InChI is InChI=1S/C49H66IN11O8/c1-5-7-8-9-12-42(62)60-43(31(3)4)46(65)59-39(11-10-20-54-48(52)67)45(64)56-37-17-13-32(14-18-37)30-69-49(68)55-28-33-23-38(29-53-27-33)57-44(63)35-16-15-34-24-36(26-41(51)58-40(34)25-35)47(66)61(21-6-2)22-19-50/h13-18,23-25,27,29,31,39,43H,5-12,19-22,26,28,30H2,1-4H3,(H2,51,58)(H,55,68)(H,56,64)(H,57,63)(H,59,65)(H,60,62)(H3,52,54,67). The van der Waals surface area contributed by atoms with Crippen LogP contribution in [-0.4, -0.2) is 93.5 Å². The SMILES string of the molecule is CCCCCCC(=O)NC(C(=O)NC(CCCNC(N)=O)C(=O)Nc1ccc(COC(=O)NCc2cncc(NC(=O)c3ccc4c(c3)N=C(N)CC(C(=O)N(CCC)CCI)=C4)c2)cc1)C(C)C. The summed E-state index contributed by atoms with van der Waals surface area (Å²) in [6.07, 6.45) is 9.64. The molecule has 372 valence electrons. The molecule has 0 aliphatic carbocycles. The van der Waals surface area contributed by atoms with Gasteiger partial charge in [-0.2, -0.15) is 0 Å². The number of aromatic nitrogens is 1. The van der Waals surface area contributed by atoms with Crippen LogP contribution in [-0.2, 0) is 37.1 Å². The maximum atomic E-state index is 13.5. The summed E-state index contributed by atoms with van der Waals surface area (Å²) in [6.45, 7) is 9.15. The first kappa shape index (κ1) is 55.0. The van der Waals surface area contributed by atoms with E-state index in [-0.39, 0.29) is 56.1 Å². The quantitative estimate of drug-likeness (QED) is 0.0256. The maximum absolute atomic E-state index is 13.5. The van der Waals surface area contributed by atoms with Crippen LogP contribution in [0.1, 0.15) is 113 Å². The smallest absolute Gasteiger partial charge is 0.407 e. The highest BCUT2D eigenvalue weighted by molar-refractivity contribution is 14.1. The third-order valence-electron chi connectivity index (χ3n) is 10.9. The molecule has 0 saturated carbocycles. The number of pyridine rings is 1. The number of nitrogens with one attached hydrogen (secondary N) is 6. The normalized spacial score (nSPS) is 12.7. The number of alkyl halides is 1. The number of carbonyl (C=O) groups excluding carboxylic acids is 7. The lowest BCUT2D eigenvalue weighted by Crippen LogP contribution is -2.54. The average Bonchev–Trinajstić information content (AvgIpc) is 3.49. The van der Waals surface area contributed by atoms with Crippen molar-refractivity contribution in [2.24, 2.45) is 22.4 Å². The number of hydrogen-bond acceptors (Lipinski definition) is 11.